The van der Waals surface area contributed by atoms with Crippen LogP contribution in [0.5, 0.6) is 0 Å². The molecule has 0 saturated heterocycles. The lowest BCUT2D eigenvalue weighted by atomic mass is 10.2. The molecule has 0 atom stereocenters. The van der Waals surface area contributed by atoms with Gasteiger partial charge in [-0.3, -0.25) is 4.79 Å². The molecular weight excluding hydrogens is 459 g/mol. The zero-order valence-electron chi connectivity index (χ0n) is 9.88. The summed E-state index contributed by atoms with van der Waals surface area (Å²) in [6.45, 7) is 0. The van der Waals surface area contributed by atoms with Crippen LogP contribution in [0.25, 0.3) is 0 Å². The van der Waals surface area contributed by atoms with E-state index in [2.05, 4.69) is 53.1 Å². The number of carbonyl (C=O) groups is 1. The summed E-state index contributed by atoms with van der Waals surface area (Å²) in [7, 11) is 0. The van der Waals surface area contributed by atoms with Gasteiger partial charge >= 0.3 is 0 Å². The van der Waals surface area contributed by atoms with Gasteiger partial charge in [-0.15, -0.1) is 0 Å². The molecule has 0 saturated carbocycles. The Morgan fingerprint density at radius 1 is 1.10 bits per heavy atom. The van der Waals surface area contributed by atoms with Crippen molar-refractivity contribution >= 4 is 65.1 Å². The van der Waals surface area contributed by atoms with Gasteiger partial charge < -0.3 is 11.1 Å². The van der Waals surface area contributed by atoms with E-state index in [1.165, 1.54) is 18.2 Å². The summed E-state index contributed by atoms with van der Waals surface area (Å²) in [6, 6.07) is 7.55. The minimum atomic E-state index is -0.600. The molecule has 3 nitrogen and oxygen atoms in total. The number of hydrogen-bond acceptors (Lipinski definition) is 2. The minimum Gasteiger partial charge on any atom is -0.397 e. The van der Waals surface area contributed by atoms with Gasteiger partial charge in [-0.1, -0.05) is 31.9 Å². The van der Waals surface area contributed by atoms with Gasteiger partial charge in [-0.2, -0.15) is 0 Å². The van der Waals surface area contributed by atoms with Crippen LogP contribution in [0.4, 0.5) is 15.8 Å². The van der Waals surface area contributed by atoms with Crippen LogP contribution in [0.3, 0.4) is 0 Å². The number of nitrogens with two attached hydrogens (primary N) is 1. The van der Waals surface area contributed by atoms with Gasteiger partial charge in [0.2, 0.25) is 0 Å². The van der Waals surface area contributed by atoms with Crippen molar-refractivity contribution in [3.8, 4) is 0 Å². The van der Waals surface area contributed by atoms with E-state index < -0.39 is 11.7 Å². The normalized spacial score (nSPS) is 10.4. The summed E-state index contributed by atoms with van der Waals surface area (Å²) in [5, 5.41) is 2.60. The smallest absolute Gasteiger partial charge is 0.258 e. The molecule has 0 radical (unpaired) electrons. The number of rotatable bonds is 2. The second-order valence-electron chi connectivity index (χ2n) is 3.93. The van der Waals surface area contributed by atoms with Crippen LogP contribution < -0.4 is 11.1 Å². The molecule has 0 aliphatic heterocycles. The predicted molar refractivity (Wildman–Crippen MR) is 88.3 cm³/mol. The first-order valence-electron chi connectivity index (χ1n) is 5.39. The third-order valence-electron chi connectivity index (χ3n) is 2.50. The second kappa shape index (κ2) is 6.24. The predicted octanol–water partition coefficient (Wildman–Crippen LogP) is 4.95. The van der Waals surface area contributed by atoms with Crippen LogP contribution in [0, 0.1) is 5.82 Å². The molecule has 0 aliphatic rings. The summed E-state index contributed by atoms with van der Waals surface area (Å²) < 4.78 is 15.6. The third kappa shape index (κ3) is 3.39. The number of anilines is 2. The maximum Gasteiger partial charge on any atom is 0.258 e. The Labute approximate surface area is 140 Å². The molecule has 0 heterocycles. The first-order chi connectivity index (χ1) is 9.38. The number of carbonyl (C=O) groups excluding carboxylic acids is 1. The molecule has 0 aromatic heterocycles. The van der Waals surface area contributed by atoms with Crippen LogP contribution in [0.1, 0.15) is 10.4 Å². The van der Waals surface area contributed by atoms with Gasteiger partial charge in [0.15, 0.2) is 0 Å². The van der Waals surface area contributed by atoms with Crippen molar-refractivity contribution in [1.29, 1.82) is 0 Å². The first-order valence-corrected chi connectivity index (χ1v) is 7.77. The highest BCUT2D eigenvalue weighted by Gasteiger charge is 2.15. The summed E-state index contributed by atoms with van der Waals surface area (Å²) in [6.07, 6.45) is 0. The van der Waals surface area contributed by atoms with Crippen LogP contribution in [0.15, 0.2) is 43.7 Å². The van der Waals surface area contributed by atoms with Crippen LogP contribution in [-0.2, 0) is 0 Å². The molecule has 2 aromatic carbocycles. The van der Waals surface area contributed by atoms with Crippen LogP contribution >= 0.6 is 47.8 Å². The molecule has 20 heavy (non-hydrogen) atoms. The summed E-state index contributed by atoms with van der Waals surface area (Å²) in [4.78, 5) is 12.1. The topological polar surface area (TPSA) is 55.1 Å². The molecule has 0 unspecified atom stereocenters. The molecular formula is C13H8Br3FN2O. The number of nitrogens with one attached hydrogen (secondary N) is 1. The number of amides is 1. The van der Waals surface area contributed by atoms with Crippen molar-refractivity contribution in [3.05, 3.63) is 55.1 Å². The third-order valence-corrected chi connectivity index (χ3v) is 4.07. The maximum atomic E-state index is 13.7. The van der Waals surface area contributed by atoms with Crippen LogP contribution in [0.2, 0.25) is 0 Å². The minimum absolute atomic E-state index is 0.0615. The fourth-order valence-electron chi connectivity index (χ4n) is 1.58. The Balaban J connectivity index is 2.35. The van der Waals surface area contributed by atoms with Crippen molar-refractivity contribution in [2.24, 2.45) is 0 Å². The molecule has 1 amide bonds. The SMILES string of the molecule is Nc1cc(Br)cc(Br)c1NC(=O)c1cc(Br)ccc1F. The fourth-order valence-corrected chi connectivity index (χ4v) is 3.30. The molecule has 0 spiro atoms. The average molecular weight is 467 g/mol. The van der Waals surface area contributed by atoms with Gasteiger partial charge in [0.25, 0.3) is 5.91 Å². The van der Waals surface area contributed by atoms with Gasteiger partial charge in [0, 0.05) is 13.4 Å². The Morgan fingerprint density at radius 3 is 2.45 bits per heavy atom. The number of halogens is 4. The van der Waals surface area contributed by atoms with Crippen LogP contribution in [-0.4, -0.2) is 5.91 Å². The van der Waals surface area contributed by atoms with Crippen molar-refractivity contribution < 1.29 is 9.18 Å². The Bertz CT molecular complexity index is 668. The molecule has 0 fully saturated rings. The number of hydrogen-bond donors (Lipinski definition) is 2. The van der Waals surface area contributed by atoms with E-state index >= 15 is 0 Å². The molecule has 0 aliphatic carbocycles. The Hall–Kier alpha value is -0.920. The quantitative estimate of drug-likeness (QED) is 0.615. The standard InChI is InChI=1S/C13H8Br3FN2O/c14-6-1-2-10(17)8(3-6)13(20)19-12-9(16)4-7(15)5-11(12)18/h1-5H,18H2,(H,19,20). The van der Waals surface area contributed by atoms with E-state index in [0.29, 0.717) is 20.3 Å². The second-order valence-corrected chi connectivity index (χ2v) is 6.62. The number of nitrogen functional groups attached to an aromatic ring is 1. The Morgan fingerprint density at radius 2 is 1.80 bits per heavy atom. The highest BCUT2D eigenvalue weighted by atomic mass is 79.9. The molecule has 7 heteroatoms. The molecule has 3 N–H and O–H groups in total. The lowest BCUT2D eigenvalue weighted by Gasteiger charge is -2.11. The molecule has 0 bridgehead atoms. The molecule has 2 aromatic rings. The molecule has 104 valence electrons. The fraction of sp³-hybridized carbons (Fsp3) is 0. The monoisotopic (exact) mass is 464 g/mol. The average Bonchev–Trinajstić information content (AvgIpc) is 2.36. The van der Waals surface area contributed by atoms with Crippen molar-refractivity contribution in [2.75, 3.05) is 11.1 Å². The summed E-state index contributed by atoms with van der Waals surface area (Å²) in [5.74, 6) is -1.17. The highest BCUT2D eigenvalue weighted by molar-refractivity contribution is 9.11. The Kier molecular flexibility index (Phi) is 4.82. The number of benzene rings is 2. The zero-order valence-corrected chi connectivity index (χ0v) is 14.6. The lowest BCUT2D eigenvalue weighted by Crippen LogP contribution is -2.15. The van der Waals surface area contributed by atoms with Gasteiger partial charge in [-0.05, 0) is 46.3 Å². The summed E-state index contributed by atoms with van der Waals surface area (Å²) >= 11 is 9.80. The highest BCUT2D eigenvalue weighted by Crippen LogP contribution is 2.33. The van der Waals surface area contributed by atoms with E-state index in [-0.39, 0.29) is 5.56 Å². The van der Waals surface area contributed by atoms with E-state index in [0.717, 1.165) is 4.47 Å². The van der Waals surface area contributed by atoms with Crippen molar-refractivity contribution in [1.82, 2.24) is 0 Å². The van der Waals surface area contributed by atoms with Crippen molar-refractivity contribution in [3.63, 3.8) is 0 Å². The van der Waals surface area contributed by atoms with Gasteiger partial charge in [-0.25, -0.2) is 4.39 Å². The maximum absolute atomic E-state index is 13.7. The summed E-state index contributed by atoms with van der Waals surface area (Å²) in [5.41, 5.74) is 6.55. The van der Waals surface area contributed by atoms with Crippen molar-refractivity contribution in [2.45, 2.75) is 0 Å². The first kappa shape index (κ1) is 15.5. The largest absolute Gasteiger partial charge is 0.397 e. The van der Waals surface area contributed by atoms with Gasteiger partial charge in [0.05, 0.1) is 16.9 Å². The van der Waals surface area contributed by atoms with E-state index in [4.69, 9.17) is 5.73 Å². The van der Waals surface area contributed by atoms with Gasteiger partial charge in [0.1, 0.15) is 5.82 Å². The lowest BCUT2D eigenvalue weighted by molar-refractivity contribution is 0.102. The van der Waals surface area contributed by atoms with E-state index in [1.807, 2.05) is 0 Å². The molecule has 2 rings (SSSR count). The zero-order chi connectivity index (χ0) is 14.9. The van der Waals surface area contributed by atoms with E-state index in [9.17, 15) is 9.18 Å². The van der Waals surface area contributed by atoms with E-state index in [1.54, 1.807) is 12.1 Å².